The van der Waals surface area contributed by atoms with Crippen LogP contribution in [0.25, 0.3) is 0 Å². The van der Waals surface area contributed by atoms with Crippen LogP contribution >= 0.6 is 0 Å². The van der Waals surface area contributed by atoms with Gasteiger partial charge in [0.15, 0.2) is 11.7 Å². The fourth-order valence-corrected chi connectivity index (χ4v) is 2.39. The van der Waals surface area contributed by atoms with E-state index >= 15 is 0 Å². The van der Waals surface area contributed by atoms with Crippen LogP contribution in [0, 0.1) is 28.9 Å². The lowest BCUT2D eigenvalue weighted by Crippen LogP contribution is -2.41. The molecule has 0 bridgehead atoms. The fraction of sp³-hybridized carbons (Fsp3) is 0.400. The van der Waals surface area contributed by atoms with E-state index in [0.717, 1.165) is 31.4 Å². The maximum Gasteiger partial charge on any atom is 0.247 e. The molecule has 6 heteroatoms. The molecule has 0 aliphatic carbocycles. The van der Waals surface area contributed by atoms with Crippen molar-refractivity contribution >= 4 is 11.7 Å². The summed E-state index contributed by atoms with van der Waals surface area (Å²) in [6.07, 6.45) is 2.66. The number of Topliss-reactive ketones (excluding diaryl/α,β-unsaturated/α-hetero) is 1. The van der Waals surface area contributed by atoms with Crippen molar-refractivity contribution in [3.8, 4) is 6.07 Å². The van der Waals surface area contributed by atoms with Crippen LogP contribution in [0.3, 0.4) is 0 Å². The number of hydrogen-bond acceptors (Lipinski definition) is 3. The molecule has 1 amide bonds. The molecule has 1 fully saturated rings. The Hall–Kier alpha value is -2.29. The van der Waals surface area contributed by atoms with Crippen molar-refractivity contribution in [1.82, 2.24) is 4.90 Å². The van der Waals surface area contributed by atoms with E-state index in [4.69, 9.17) is 5.26 Å². The molecule has 0 aromatic heterocycles. The zero-order valence-electron chi connectivity index (χ0n) is 11.3. The second-order valence-electron chi connectivity index (χ2n) is 4.97. The molecule has 0 spiro atoms. The predicted molar refractivity (Wildman–Crippen MR) is 70.2 cm³/mol. The third-order valence-corrected chi connectivity index (χ3v) is 3.45. The summed E-state index contributed by atoms with van der Waals surface area (Å²) in [6.45, 7) is 1.00. The lowest BCUT2D eigenvalue weighted by atomic mass is 9.96. The highest BCUT2D eigenvalue weighted by atomic mass is 19.1. The van der Waals surface area contributed by atoms with Gasteiger partial charge in [0, 0.05) is 24.7 Å². The molecule has 1 aliphatic heterocycles. The van der Waals surface area contributed by atoms with Gasteiger partial charge in [-0.3, -0.25) is 9.59 Å². The van der Waals surface area contributed by atoms with Crippen LogP contribution in [0.15, 0.2) is 18.2 Å². The van der Waals surface area contributed by atoms with E-state index in [1.54, 1.807) is 6.07 Å². The van der Waals surface area contributed by atoms with Gasteiger partial charge in [-0.15, -0.1) is 0 Å². The molecule has 1 heterocycles. The van der Waals surface area contributed by atoms with Crippen molar-refractivity contribution in [2.45, 2.75) is 19.3 Å². The van der Waals surface area contributed by atoms with E-state index < -0.39 is 29.2 Å². The largest absolute Gasteiger partial charge is 0.341 e. The summed E-state index contributed by atoms with van der Waals surface area (Å²) in [5.74, 6) is -4.84. The molecule has 0 radical (unpaired) electrons. The number of likely N-dealkylation sites (tertiary alicyclic amines) is 1. The topological polar surface area (TPSA) is 61.2 Å². The Bertz CT molecular complexity index is 584. The second kappa shape index (κ2) is 6.44. The molecule has 1 unspecified atom stereocenters. The number of nitrogens with zero attached hydrogens (tertiary/aromatic N) is 2. The van der Waals surface area contributed by atoms with Gasteiger partial charge in [-0.05, 0) is 31.4 Å². The molecule has 0 N–H and O–H groups in total. The monoisotopic (exact) mass is 292 g/mol. The molecule has 1 saturated heterocycles. The molecular weight excluding hydrogens is 278 g/mol. The molecule has 1 aromatic carbocycles. The van der Waals surface area contributed by atoms with Crippen LogP contribution in [0.1, 0.15) is 29.6 Å². The van der Waals surface area contributed by atoms with Gasteiger partial charge in [-0.2, -0.15) is 5.26 Å². The lowest BCUT2D eigenvalue weighted by molar-refractivity contribution is -0.133. The average molecular weight is 292 g/mol. The summed E-state index contributed by atoms with van der Waals surface area (Å²) < 4.78 is 26.3. The predicted octanol–water partition coefficient (Wildman–Crippen LogP) is 2.30. The number of benzene rings is 1. The minimum atomic E-state index is -1.55. The van der Waals surface area contributed by atoms with Gasteiger partial charge in [-0.1, -0.05) is 0 Å². The molecule has 1 atom stereocenters. The molecule has 0 saturated carbocycles. The van der Waals surface area contributed by atoms with Gasteiger partial charge >= 0.3 is 0 Å². The van der Waals surface area contributed by atoms with E-state index in [0.29, 0.717) is 19.2 Å². The van der Waals surface area contributed by atoms with Crippen molar-refractivity contribution in [3.63, 3.8) is 0 Å². The quantitative estimate of drug-likeness (QED) is 0.634. The Morgan fingerprint density at radius 2 is 1.67 bits per heavy atom. The highest BCUT2D eigenvalue weighted by molar-refractivity contribution is 6.12. The van der Waals surface area contributed by atoms with E-state index in [1.165, 1.54) is 4.90 Å². The Morgan fingerprint density at radius 1 is 1.10 bits per heavy atom. The van der Waals surface area contributed by atoms with Gasteiger partial charge in [-0.25, -0.2) is 8.78 Å². The van der Waals surface area contributed by atoms with E-state index in [1.807, 2.05) is 0 Å². The molecule has 2 rings (SSSR count). The molecule has 21 heavy (non-hydrogen) atoms. The van der Waals surface area contributed by atoms with Gasteiger partial charge in [0.1, 0.15) is 11.6 Å². The number of rotatable bonds is 3. The summed E-state index contributed by atoms with van der Waals surface area (Å²) in [5.41, 5.74) is -0.301. The molecule has 4 nitrogen and oxygen atoms in total. The normalized spacial score (nSPS) is 16.1. The molecular formula is C15H14F2N2O2. The number of carbonyl (C=O) groups is 2. The minimum absolute atomic E-state index is 0.301. The Labute approximate surface area is 121 Å². The summed E-state index contributed by atoms with van der Waals surface area (Å²) in [5, 5.41) is 9.09. The van der Waals surface area contributed by atoms with E-state index in [9.17, 15) is 18.4 Å². The van der Waals surface area contributed by atoms with Gasteiger partial charge in [0.25, 0.3) is 0 Å². The van der Waals surface area contributed by atoms with Gasteiger partial charge < -0.3 is 4.90 Å². The van der Waals surface area contributed by atoms with Gasteiger partial charge in [0.05, 0.1) is 6.07 Å². The summed E-state index contributed by atoms with van der Waals surface area (Å²) >= 11 is 0. The first-order chi connectivity index (χ1) is 10.0. The highest BCUT2D eigenvalue weighted by Crippen LogP contribution is 2.17. The number of nitriles is 1. The number of hydrogen-bond donors (Lipinski definition) is 0. The molecule has 1 aliphatic rings. The number of halogens is 2. The third-order valence-electron chi connectivity index (χ3n) is 3.45. The zero-order valence-corrected chi connectivity index (χ0v) is 11.3. The zero-order chi connectivity index (χ0) is 15.4. The maximum absolute atomic E-state index is 13.1. The SMILES string of the molecule is N#CC(C(=O)c1cc(F)cc(F)c1)C(=O)N1CCCCC1. The first-order valence-corrected chi connectivity index (χ1v) is 6.71. The van der Waals surface area contributed by atoms with Crippen molar-refractivity contribution in [1.29, 1.82) is 5.26 Å². The smallest absolute Gasteiger partial charge is 0.247 e. The number of ketones is 1. The van der Waals surface area contributed by atoms with Crippen LogP contribution in [0.5, 0.6) is 0 Å². The fourth-order valence-electron chi connectivity index (χ4n) is 2.39. The van der Waals surface area contributed by atoms with Crippen molar-refractivity contribution in [2.24, 2.45) is 5.92 Å². The van der Waals surface area contributed by atoms with Crippen molar-refractivity contribution in [3.05, 3.63) is 35.4 Å². The van der Waals surface area contributed by atoms with Crippen molar-refractivity contribution in [2.75, 3.05) is 13.1 Å². The van der Waals surface area contributed by atoms with E-state index in [2.05, 4.69) is 0 Å². The first-order valence-electron chi connectivity index (χ1n) is 6.71. The van der Waals surface area contributed by atoms with Crippen molar-refractivity contribution < 1.29 is 18.4 Å². The van der Waals surface area contributed by atoms with Crippen LogP contribution in [0.4, 0.5) is 8.78 Å². The lowest BCUT2D eigenvalue weighted by Gasteiger charge is -2.28. The van der Waals surface area contributed by atoms with Crippen LogP contribution in [0.2, 0.25) is 0 Å². The summed E-state index contributed by atoms with van der Waals surface area (Å²) in [4.78, 5) is 25.8. The average Bonchev–Trinajstić information content (AvgIpc) is 2.47. The van der Waals surface area contributed by atoms with Crippen LogP contribution in [-0.2, 0) is 4.79 Å². The summed E-state index contributed by atoms with van der Waals surface area (Å²) in [7, 11) is 0. The third kappa shape index (κ3) is 3.43. The maximum atomic E-state index is 13.1. The molecule has 110 valence electrons. The highest BCUT2D eigenvalue weighted by Gasteiger charge is 2.32. The van der Waals surface area contributed by atoms with Crippen LogP contribution in [-0.4, -0.2) is 29.7 Å². The van der Waals surface area contributed by atoms with Gasteiger partial charge in [0.2, 0.25) is 5.91 Å². The van der Waals surface area contributed by atoms with E-state index in [-0.39, 0.29) is 5.56 Å². The Kier molecular flexibility index (Phi) is 4.63. The standard InChI is InChI=1S/C15H14F2N2O2/c16-11-6-10(7-12(17)8-11)14(20)13(9-18)15(21)19-4-2-1-3-5-19/h6-8,13H,1-5H2. The minimum Gasteiger partial charge on any atom is -0.341 e. The Balaban J connectivity index is 2.22. The first kappa shape index (κ1) is 15.1. The second-order valence-corrected chi connectivity index (χ2v) is 4.97. The van der Waals surface area contributed by atoms with Crippen LogP contribution < -0.4 is 0 Å². The number of carbonyl (C=O) groups excluding carboxylic acids is 2. The Morgan fingerprint density at radius 3 is 2.19 bits per heavy atom. The number of amides is 1. The number of piperidine rings is 1. The molecule has 1 aromatic rings. The summed E-state index contributed by atoms with van der Waals surface area (Å²) in [6, 6.07) is 3.95.